The first-order valence-corrected chi connectivity index (χ1v) is 13.3. The zero-order valence-electron chi connectivity index (χ0n) is 22.1. The van der Waals surface area contributed by atoms with Crippen molar-refractivity contribution in [1.82, 2.24) is 5.32 Å². The fraction of sp³-hybridized carbons (Fsp3) is 0.321. The van der Waals surface area contributed by atoms with Crippen molar-refractivity contribution < 1.29 is 27.4 Å². The largest absolute Gasteiger partial charge is 0.493 e. The summed E-state index contributed by atoms with van der Waals surface area (Å²) < 4.78 is 45.0. The zero-order valence-corrected chi connectivity index (χ0v) is 22.9. The predicted molar refractivity (Wildman–Crippen MR) is 144 cm³/mol. The molecule has 0 aliphatic carbocycles. The fourth-order valence-electron chi connectivity index (χ4n) is 3.91. The molecule has 0 bridgehead atoms. The molecule has 0 heterocycles. The van der Waals surface area contributed by atoms with Crippen molar-refractivity contribution >= 4 is 21.6 Å². The lowest BCUT2D eigenvalue weighted by Crippen LogP contribution is -2.42. The van der Waals surface area contributed by atoms with Gasteiger partial charge >= 0.3 is 0 Å². The lowest BCUT2D eigenvalue weighted by molar-refractivity contribution is -0.119. The minimum Gasteiger partial charge on any atom is -0.493 e. The summed E-state index contributed by atoms with van der Waals surface area (Å²) in [6.07, 6.45) is 0. The molecule has 37 heavy (non-hydrogen) atoms. The molecule has 3 aromatic rings. The average molecular weight is 527 g/mol. The van der Waals surface area contributed by atoms with Crippen LogP contribution in [0, 0.1) is 27.7 Å². The molecule has 9 heteroatoms. The molecule has 0 aliphatic heterocycles. The molecule has 0 aromatic heterocycles. The van der Waals surface area contributed by atoms with Gasteiger partial charge in [0.15, 0.2) is 11.5 Å². The number of nitrogens with one attached hydrogen (secondary N) is 1. The number of amides is 1. The maximum atomic E-state index is 13.8. The summed E-state index contributed by atoms with van der Waals surface area (Å²) in [7, 11) is -1.21. The van der Waals surface area contributed by atoms with E-state index in [2.05, 4.69) is 5.32 Å². The Balaban J connectivity index is 1.82. The monoisotopic (exact) mass is 526 g/mol. The second-order valence-electron chi connectivity index (χ2n) is 8.84. The first-order chi connectivity index (χ1) is 17.5. The molecule has 1 N–H and O–H groups in total. The van der Waals surface area contributed by atoms with Crippen LogP contribution in [0.5, 0.6) is 17.2 Å². The number of ether oxygens (including phenoxy) is 3. The van der Waals surface area contributed by atoms with Gasteiger partial charge in [0.2, 0.25) is 5.91 Å². The normalized spacial score (nSPS) is 11.1. The summed E-state index contributed by atoms with van der Waals surface area (Å²) in [6, 6.07) is 15.7. The molecule has 0 saturated heterocycles. The molecule has 0 saturated carbocycles. The molecule has 8 nitrogen and oxygen atoms in total. The highest BCUT2D eigenvalue weighted by molar-refractivity contribution is 7.92. The number of benzene rings is 3. The molecule has 1 amide bonds. The number of hydrogen-bond donors (Lipinski definition) is 1. The van der Waals surface area contributed by atoms with Gasteiger partial charge in [0.25, 0.3) is 10.0 Å². The Labute approximate surface area is 219 Å². The van der Waals surface area contributed by atoms with Crippen LogP contribution in [0.1, 0.15) is 22.3 Å². The summed E-state index contributed by atoms with van der Waals surface area (Å²) in [6.45, 7) is 7.77. The van der Waals surface area contributed by atoms with Crippen LogP contribution >= 0.6 is 0 Å². The number of carbonyl (C=O) groups excluding carboxylic acids is 1. The van der Waals surface area contributed by atoms with E-state index in [4.69, 9.17) is 14.2 Å². The Bertz CT molecular complexity index is 1350. The van der Waals surface area contributed by atoms with Crippen LogP contribution in [-0.4, -0.2) is 48.2 Å². The number of hydrogen-bond acceptors (Lipinski definition) is 6. The maximum absolute atomic E-state index is 13.8. The lowest BCUT2D eigenvalue weighted by atomic mass is 10.1. The first kappa shape index (κ1) is 27.9. The van der Waals surface area contributed by atoms with E-state index in [9.17, 15) is 13.2 Å². The topological polar surface area (TPSA) is 94.2 Å². The van der Waals surface area contributed by atoms with Crippen LogP contribution in [0.4, 0.5) is 5.69 Å². The van der Waals surface area contributed by atoms with E-state index in [0.717, 1.165) is 32.3 Å². The molecule has 3 aromatic carbocycles. The van der Waals surface area contributed by atoms with Crippen LogP contribution in [0.3, 0.4) is 0 Å². The number of methoxy groups -OCH3 is 2. The summed E-state index contributed by atoms with van der Waals surface area (Å²) in [5, 5.41) is 2.77. The van der Waals surface area contributed by atoms with Crippen LogP contribution in [0.15, 0.2) is 59.5 Å². The van der Waals surface area contributed by atoms with Crippen molar-refractivity contribution in [2.45, 2.75) is 32.6 Å². The minimum atomic E-state index is -4.12. The number of nitrogens with zero attached hydrogens (tertiary/aromatic N) is 1. The van der Waals surface area contributed by atoms with Gasteiger partial charge in [0.05, 0.1) is 31.3 Å². The van der Waals surface area contributed by atoms with E-state index in [1.54, 1.807) is 12.1 Å². The Hall–Kier alpha value is -3.72. The summed E-state index contributed by atoms with van der Waals surface area (Å²) >= 11 is 0. The maximum Gasteiger partial charge on any atom is 0.264 e. The molecule has 198 valence electrons. The highest BCUT2D eigenvalue weighted by Crippen LogP contribution is 2.32. The first-order valence-electron chi connectivity index (χ1n) is 11.8. The van der Waals surface area contributed by atoms with Gasteiger partial charge in [0, 0.05) is 6.07 Å². The third-order valence-electron chi connectivity index (χ3n) is 5.75. The standard InChI is InChI=1S/C28H34N2O6S/c1-19-7-8-22(4)26(16-19)36-12-11-29-28(31)18-30(23-14-20(2)13-21(3)15-23)37(32,33)24-9-10-25(34-5)27(17-24)35-6/h7-10,13-17H,11-12,18H2,1-6H3,(H,29,31). The molecule has 0 unspecified atom stereocenters. The smallest absolute Gasteiger partial charge is 0.264 e. The fourth-order valence-corrected chi connectivity index (χ4v) is 5.34. The minimum absolute atomic E-state index is 0.0182. The van der Waals surface area contributed by atoms with Gasteiger partial charge in [0.1, 0.15) is 18.9 Å². The third kappa shape index (κ3) is 6.95. The van der Waals surface area contributed by atoms with Crippen molar-refractivity contribution in [2.75, 3.05) is 38.2 Å². The Morgan fingerprint density at radius 2 is 1.49 bits per heavy atom. The van der Waals surface area contributed by atoms with Gasteiger partial charge < -0.3 is 19.5 Å². The Kier molecular flexibility index (Phi) is 9.04. The number of sulfonamides is 1. The van der Waals surface area contributed by atoms with E-state index in [1.807, 2.05) is 52.0 Å². The van der Waals surface area contributed by atoms with Crippen LogP contribution in [0.25, 0.3) is 0 Å². The quantitative estimate of drug-likeness (QED) is 0.374. The lowest BCUT2D eigenvalue weighted by Gasteiger charge is -2.25. The van der Waals surface area contributed by atoms with Gasteiger partial charge in [-0.05, 0) is 80.3 Å². The molecular weight excluding hydrogens is 492 g/mol. The Morgan fingerprint density at radius 1 is 0.811 bits per heavy atom. The molecule has 0 radical (unpaired) electrons. The number of carbonyl (C=O) groups is 1. The highest BCUT2D eigenvalue weighted by Gasteiger charge is 2.28. The second-order valence-corrected chi connectivity index (χ2v) is 10.7. The average Bonchev–Trinajstić information content (AvgIpc) is 2.85. The molecule has 0 fully saturated rings. The van der Waals surface area contributed by atoms with Gasteiger partial charge in [-0.3, -0.25) is 9.10 Å². The number of anilines is 1. The van der Waals surface area contributed by atoms with Gasteiger partial charge in [-0.25, -0.2) is 8.42 Å². The van der Waals surface area contributed by atoms with Crippen LogP contribution in [-0.2, 0) is 14.8 Å². The van der Waals surface area contributed by atoms with E-state index >= 15 is 0 Å². The van der Waals surface area contributed by atoms with Gasteiger partial charge in [-0.2, -0.15) is 0 Å². The molecule has 0 spiro atoms. The molecule has 0 atom stereocenters. The highest BCUT2D eigenvalue weighted by atomic mass is 32.2. The second kappa shape index (κ2) is 12.0. The third-order valence-corrected chi connectivity index (χ3v) is 7.52. The van der Waals surface area contributed by atoms with E-state index in [-0.39, 0.29) is 23.8 Å². The molecule has 3 rings (SSSR count). The summed E-state index contributed by atoms with van der Waals surface area (Å²) in [5.74, 6) is 0.980. The summed E-state index contributed by atoms with van der Waals surface area (Å²) in [4.78, 5) is 12.9. The number of rotatable bonds is 11. The van der Waals surface area contributed by atoms with Crippen molar-refractivity contribution in [3.63, 3.8) is 0 Å². The summed E-state index contributed by atoms with van der Waals surface area (Å²) in [5.41, 5.74) is 4.23. The van der Waals surface area contributed by atoms with Crippen LogP contribution < -0.4 is 23.8 Å². The van der Waals surface area contributed by atoms with Crippen molar-refractivity contribution in [1.29, 1.82) is 0 Å². The zero-order chi connectivity index (χ0) is 27.2. The predicted octanol–water partition coefficient (Wildman–Crippen LogP) is 4.33. The van der Waals surface area contributed by atoms with Crippen molar-refractivity contribution in [3.05, 3.63) is 76.9 Å². The van der Waals surface area contributed by atoms with E-state index in [1.165, 1.54) is 32.4 Å². The SMILES string of the molecule is COc1ccc(S(=O)(=O)N(CC(=O)NCCOc2cc(C)ccc2C)c2cc(C)cc(C)c2)cc1OC. The molecule has 0 aliphatic rings. The van der Waals surface area contributed by atoms with Crippen molar-refractivity contribution in [2.24, 2.45) is 0 Å². The van der Waals surface area contributed by atoms with Crippen LogP contribution in [0.2, 0.25) is 0 Å². The Morgan fingerprint density at radius 3 is 2.14 bits per heavy atom. The van der Waals surface area contributed by atoms with Gasteiger partial charge in [-0.15, -0.1) is 0 Å². The number of aryl methyl sites for hydroxylation is 4. The van der Waals surface area contributed by atoms with Gasteiger partial charge in [-0.1, -0.05) is 18.2 Å². The molecular formula is C28H34N2O6S. The van der Waals surface area contributed by atoms with Crippen molar-refractivity contribution in [3.8, 4) is 17.2 Å². The van der Waals surface area contributed by atoms with E-state index < -0.39 is 22.5 Å². The van der Waals surface area contributed by atoms with E-state index in [0.29, 0.717) is 11.4 Å².